The predicted molar refractivity (Wildman–Crippen MR) is 289 cm³/mol. The molecule has 0 radical (unpaired) electrons. The number of amides is 1. The van der Waals surface area contributed by atoms with E-state index in [1.54, 1.807) is 60.7 Å². The van der Waals surface area contributed by atoms with Crippen LogP contribution < -0.4 is 26.3 Å². The Morgan fingerprint density at radius 3 is 1.45 bits per heavy atom. The molecule has 0 aliphatic carbocycles. The van der Waals surface area contributed by atoms with E-state index >= 15 is 0 Å². The summed E-state index contributed by atoms with van der Waals surface area (Å²) < 4.78 is 15.3. The van der Waals surface area contributed by atoms with Gasteiger partial charge in [-0.15, -0.1) is 0 Å². The molecule has 0 atom stereocenters. The summed E-state index contributed by atoms with van der Waals surface area (Å²) in [6.45, 7) is 16.2. The lowest BCUT2D eigenvalue weighted by atomic mass is 9.98. The number of carbonyl (C=O) groups is 1. The molecule has 2 aliphatic rings. The number of nitrogens with two attached hydrogens (primary N) is 2. The number of ether oxygens (including phenoxy) is 2. The fourth-order valence-corrected chi connectivity index (χ4v) is 9.69. The van der Waals surface area contributed by atoms with Crippen LogP contribution in [0.25, 0.3) is 44.6 Å². The van der Waals surface area contributed by atoms with Gasteiger partial charge in [-0.2, -0.15) is 10.2 Å². The second kappa shape index (κ2) is 21.7. The highest BCUT2D eigenvalue weighted by molar-refractivity contribution is 5.99. The molecule has 4 aromatic heterocycles. The lowest BCUT2D eigenvalue weighted by Gasteiger charge is -2.40. The van der Waals surface area contributed by atoms with Crippen molar-refractivity contribution in [3.8, 4) is 45.5 Å². The third-order valence-electron chi connectivity index (χ3n) is 13.4. The van der Waals surface area contributed by atoms with Crippen LogP contribution in [0.1, 0.15) is 79.3 Å². The normalized spacial score (nSPS) is 15.0. The summed E-state index contributed by atoms with van der Waals surface area (Å²) >= 11 is 0. The smallest absolute Gasteiger partial charge is 0.312 e. The molecule has 6 heterocycles. The first kappa shape index (κ1) is 52.2. The lowest BCUT2D eigenvalue weighted by molar-refractivity contribution is -0.385. The van der Waals surface area contributed by atoms with Gasteiger partial charge in [0.2, 0.25) is 17.4 Å². The number of para-hydroxylation sites is 2. The molecule has 10 rings (SSSR count). The second-order valence-corrected chi connectivity index (χ2v) is 20.9. The minimum absolute atomic E-state index is 0.000394. The van der Waals surface area contributed by atoms with E-state index in [4.69, 9.17) is 31.1 Å². The van der Waals surface area contributed by atoms with Crippen LogP contribution in [-0.2, 0) is 4.79 Å². The minimum Gasteiger partial charge on any atom is -0.450 e. The molecule has 2 aliphatic heterocycles. The standard InChI is InChI=1S/C28H32N8O4.C26H29N7O3/c1-28(2,3)32-23(37)16-34-13-11-19(12-14-34)35-27-24(26(29)30-17-31-27)25(33-35)18-9-10-22(21(15-18)36(38)39)40-20-7-5-4-6-8-20;1-26(2,3)31-13-11-18(12-14-31)32-25-22(24(27)28-16-29-25)23(30-32)17-9-10-21(20(15-17)33(34)35)36-19-7-5-4-6-8-19/h4-10,15,17,19H,11-14,16H2,1-3H3,(H,32,37)(H2,29,30,31);4-10,15-16,18H,11-14H2,1-3H3,(H2,27,28,29). The quantitative estimate of drug-likeness (QED) is 0.0758. The maximum Gasteiger partial charge on any atom is 0.312 e. The molecule has 0 spiro atoms. The summed E-state index contributed by atoms with van der Waals surface area (Å²) in [7, 11) is 0. The van der Waals surface area contributed by atoms with Crippen LogP contribution in [0.4, 0.5) is 23.0 Å². The van der Waals surface area contributed by atoms with Crippen LogP contribution in [0.5, 0.6) is 23.0 Å². The Labute approximate surface area is 438 Å². The number of carbonyl (C=O) groups excluding carboxylic acids is 1. The van der Waals surface area contributed by atoms with E-state index in [9.17, 15) is 25.0 Å². The number of hydrogen-bond acceptors (Lipinski definition) is 17. The summed E-state index contributed by atoms with van der Waals surface area (Å²) in [5, 5.41) is 37.8. The molecule has 2 saturated heterocycles. The number of nitro groups is 2. The van der Waals surface area contributed by atoms with Gasteiger partial charge in [0.05, 0.1) is 39.2 Å². The van der Waals surface area contributed by atoms with Crippen LogP contribution in [0.15, 0.2) is 110 Å². The molecule has 4 aromatic carbocycles. The average molecular weight is 1030 g/mol. The number of nitrogens with zero attached hydrogens (tertiary/aromatic N) is 12. The van der Waals surface area contributed by atoms with Gasteiger partial charge in [0.1, 0.15) is 47.2 Å². The second-order valence-electron chi connectivity index (χ2n) is 20.9. The summed E-state index contributed by atoms with van der Waals surface area (Å²) in [6.07, 6.45) is 6.18. The number of hydrogen-bond donors (Lipinski definition) is 3. The van der Waals surface area contributed by atoms with Gasteiger partial charge in [-0.3, -0.25) is 34.8 Å². The largest absolute Gasteiger partial charge is 0.450 e. The molecule has 0 unspecified atom stereocenters. The van der Waals surface area contributed by atoms with E-state index in [0.717, 1.165) is 51.9 Å². The Bertz CT molecular complexity index is 3390. The van der Waals surface area contributed by atoms with Crippen molar-refractivity contribution in [1.82, 2.24) is 54.6 Å². The Morgan fingerprint density at radius 2 is 1.05 bits per heavy atom. The molecule has 0 saturated carbocycles. The van der Waals surface area contributed by atoms with Crippen molar-refractivity contribution in [3.05, 3.63) is 130 Å². The number of rotatable bonds is 12. The number of anilines is 2. The van der Waals surface area contributed by atoms with E-state index in [1.165, 1.54) is 24.8 Å². The Hall–Kier alpha value is -8.63. The van der Waals surface area contributed by atoms with Crippen LogP contribution in [0.3, 0.4) is 0 Å². The summed E-state index contributed by atoms with van der Waals surface area (Å²) in [4.78, 5) is 57.3. The summed E-state index contributed by atoms with van der Waals surface area (Å²) in [5.41, 5.74) is 15.3. The molecule has 76 heavy (non-hydrogen) atoms. The molecule has 22 nitrogen and oxygen atoms in total. The van der Waals surface area contributed by atoms with Crippen molar-refractivity contribution in [3.63, 3.8) is 0 Å². The average Bonchev–Trinajstić information content (AvgIpc) is 4.01. The van der Waals surface area contributed by atoms with Gasteiger partial charge >= 0.3 is 11.4 Å². The van der Waals surface area contributed by atoms with Gasteiger partial charge in [0.25, 0.3) is 0 Å². The lowest BCUT2D eigenvalue weighted by Crippen LogP contribution is -2.47. The highest BCUT2D eigenvalue weighted by Crippen LogP contribution is 2.41. The van der Waals surface area contributed by atoms with Crippen molar-refractivity contribution in [2.24, 2.45) is 0 Å². The van der Waals surface area contributed by atoms with Gasteiger partial charge in [-0.1, -0.05) is 36.4 Å². The number of nitro benzene ring substituents is 2. The molecular formula is C54H61N15O7. The molecule has 0 bridgehead atoms. The van der Waals surface area contributed by atoms with E-state index in [-0.39, 0.29) is 57.8 Å². The molecular weight excluding hydrogens is 971 g/mol. The number of nitrogens with one attached hydrogen (secondary N) is 1. The first-order valence-electron chi connectivity index (χ1n) is 25.1. The van der Waals surface area contributed by atoms with Crippen molar-refractivity contribution in [1.29, 1.82) is 0 Å². The van der Waals surface area contributed by atoms with E-state index in [1.807, 2.05) is 54.4 Å². The van der Waals surface area contributed by atoms with Gasteiger partial charge in [-0.05, 0) is 116 Å². The molecule has 22 heteroatoms. The number of piperidine rings is 2. The summed E-state index contributed by atoms with van der Waals surface area (Å²) in [5.74, 6) is 1.82. The Morgan fingerprint density at radius 1 is 0.632 bits per heavy atom. The van der Waals surface area contributed by atoms with Crippen molar-refractivity contribution in [2.75, 3.05) is 44.2 Å². The topological polar surface area (TPSA) is 280 Å². The van der Waals surface area contributed by atoms with E-state index in [2.05, 4.69) is 55.8 Å². The number of likely N-dealkylation sites (tertiary alicyclic amines) is 2. The van der Waals surface area contributed by atoms with E-state index < -0.39 is 9.85 Å². The van der Waals surface area contributed by atoms with Crippen LogP contribution in [0.2, 0.25) is 0 Å². The van der Waals surface area contributed by atoms with Gasteiger partial charge in [-0.25, -0.2) is 29.3 Å². The number of benzene rings is 4. The monoisotopic (exact) mass is 1030 g/mol. The van der Waals surface area contributed by atoms with Gasteiger partial charge in [0.15, 0.2) is 11.3 Å². The van der Waals surface area contributed by atoms with Crippen molar-refractivity contribution in [2.45, 2.75) is 90.4 Å². The minimum atomic E-state index is -0.480. The van der Waals surface area contributed by atoms with E-state index in [0.29, 0.717) is 68.4 Å². The summed E-state index contributed by atoms with van der Waals surface area (Å²) in [6, 6.07) is 27.5. The SMILES string of the molecule is CC(C)(C)N1CCC(n2nc(-c3ccc(Oc4ccccc4)c([N+](=O)[O-])c3)c3c(N)ncnc32)CC1.CC(C)(C)NC(=O)CN1CCC(n2nc(-c3ccc(Oc4ccccc4)c([N+](=O)[O-])c3)c3c(N)ncnc32)CC1. The third-order valence-corrected chi connectivity index (χ3v) is 13.4. The third kappa shape index (κ3) is 11.7. The Balaban J connectivity index is 0.000000187. The fraction of sp³-hybridized carbons (Fsp3) is 0.352. The molecule has 5 N–H and O–H groups in total. The van der Waals surface area contributed by atoms with Gasteiger partial charge in [0, 0.05) is 60.5 Å². The Kier molecular flexibility index (Phi) is 14.9. The van der Waals surface area contributed by atoms with Crippen LogP contribution >= 0.6 is 0 Å². The first-order valence-corrected chi connectivity index (χ1v) is 25.1. The van der Waals surface area contributed by atoms with Crippen molar-refractivity contribution < 1.29 is 24.1 Å². The fourth-order valence-electron chi connectivity index (χ4n) is 9.69. The molecule has 2 fully saturated rings. The molecule has 1 amide bonds. The van der Waals surface area contributed by atoms with Crippen LogP contribution in [0, 0.1) is 20.2 Å². The molecule has 394 valence electrons. The highest BCUT2D eigenvalue weighted by Gasteiger charge is 2.32. The zero-order valence-corrected chi connectivity index (χ0v) is 43.3. The molecule has 8 aromatic rings. The van der Waals surface area contributed by atoms with Crippen LogP contribution in [-0.4, -0.2) is 109 Å². The number of fused-ring (bicyclic) bond motifs is 2. The highest BCUT2D eigenvalue weighted by atomic mass is 16.6. The first-order chi connectivity index (χ1) is 36.3. The maximum absolute atomic E-state index is 12.4. The number of aromatic nitrogens is 8. The maximum atomic E-state index is 12.4. The number of nitrogen functional groups attached to an aromatic ring is 2. The predicted octanol–water partition coefficient (Wildman–Crippen LogP) is 9.54. The van der Waals surface area contributed by atoms with Gasteiger partial charge < -0.3 is 26.3 Å². The zero-order valence-electron chi connectivity index (χ0n) is 43.3. The van der Waals surface area contributed by atoms with Crippen molar-refractivity contribution >= 4 is 51.0 Å². The zero-order chi connectivity index (χ0) is 53.9.